The quantitative estimate of drug-likeness (QED) is 0.901. The Labute approximate surface area is 145 Å². The van der Waals surface area contributed by atoms with Crippen molar-refractivity contribution in [2.24, 2.45) is 0 Å². The Morgan fingerprint density at radius 3 is 2.24 bits per heavy atom. The lowest BCUT2D eigenvalue weighted by Gasteiger charge is -2.38. The number of hydrogen-bond acceptors (Lipinski definition) is 2. The molecule has 0 unspecified atom stereocenters. The molecule has 2 aromatic carbocycles. The predicted molar refractivity (Wildman–Crippen MR) is 91.3 cm³/mol. The fourth-order valence-corrected chi connectivity index (χ4v) is 3.50. The van der Waals surface area contributed by atoms with Crippen molar-refractivity contribution >= 4 is 5.91 Å². The summed E-state index contributed by atoms with van der Waals surface area (Å²) in [7, 11) is 0. The maximum Gasteiger partial charge on any atom is 0.254 e. The van der Waals surface area contributed by atoms with E-state index in [-0.39, 0.29) is 37.4 Å². The van der Waals surface area contributed by atoms with E-state index in [1.807, 2.05) is 26.0 Å². The van der Waals surface area contributed by atoms with Gasteiger partial charge in [-0.05, 0) is 50.5 Å². The molecule has 1 aliphatic heterocycles. The summed E-state index contributed by atoms with van der Waals surface area (Å²) in [6.45, 7) is 4.34. The topological polar surface area (TPSA) is 40.5 Å². The molecule has 0 aromatic heterocycles. The monoisotopic (exact) mass is 345 g/mol. The number of aryl methyl sites for hydroxylation is 2. The third-order valence-corrected chi connectivity index (χ3v) is 4.92. The molecule has 1 heterocycles. The van der Waals surface area contributed by atoms with Crippen LogP contribution in [-0.2, 0) is 5.60 Å². The minimum atomic E-state index is -1.59. The molecule has 0 radical (unpaired) electrons. The van der Waals surface area contributed by atoms with Gasteiger partial charge in [-0.25, -0.2) is 8.78 Å². The largest absolute Gasteiger partial charge is 0.385 e. The standard InChI is InChI=1S/C20H21F2NO2/c1-13-6-7-15(14(2)12-13)19(24)23-10-8-20(25,9-11-23)18-16(21)4-3-5-17(18)22/h3-7,12,25H,8-11H2,1-2H3. The van der Waals surface area contributed by atoms with Crippen molar-refractivity contribution in [1.29, 1.82) is 0 Å². The number of carbonyl (C=O) groups excluding carboxylic acids is 1. The lowest BCUT2D eigenvalue weighted by atomic mass is 9.83. The first-order valence-corrected chi connectivity index (χ1v) is 8.35. The second kappa shape index (κ2) is 6.56. The number of aliphatic hydroxyl groups is 1. The van der Waals surface area contributed by atoms with E-state index in [4.69, 9.17) is 0 Å². The summed E-state index contributed by atoms with van der Waals surface area (Å²) in [6, 6.07) is 9.19. The van der Waals surface area contributed by atoms with Crippen molar-refractivity contribution in [3.8, 4) is 0 Å². The first-order chi connectivity index (χ1) is 11.8. The van der Waals surface area contributed by atoms with Gasteiger partial charge in [0.25, 0.3) is 5.91 Å². The zero-order valence-corrected chi connectivity index (χ0v) is 14.4. The van der Waals surface area contributed by atoms with Crippen LogP contribution in [0.15, 0.2) is 36.4 Å². The SMILES string of the molecule is Cc1ccc(C(=O)N2CCC(O)(c3c(F)cccc3F)CC2)c(C)c1. The van der Waals surface area contributed by atoms with E-state index in [1.165, 1.54) is 6.07 Å². The molecule has 1 N–H and O–H groups in total. The Kier molecular flexibility index (Phi) is 4.60. The van der Waals surface area contributed by atoms with Gasteiger partial charge >= 0.3 is 0 Å². The third kappa shape index (κ3) is 3.29. The highest BCUT2D eigenvalue weighted by molar-refractivity contribution is 5.95. The second-order valence-electron chi connectivity index (χ2n) is 6.74. The van der Waals surface area contributed by atoms with Gasteiger partial charge in [-0.2, -0.15) is 0 Å². The Morgan fingerprint density at radius 1 is 1.08 bits per heavy atom. The van der Waals surface area contributed by atoms with Crippen LogP contribution in [-0.4, -0.2) is 29.0 Å². The highest BCUT2D eigenvalue weighted by Crippen LogP contribution is 2.36. The number of carbonyl (C=O) groups is 1. The van der Waals surface area contributed by atoms with Gasteiger partial charge in [0.15, 0.2) is 0 Å². The number of nitrogens with zero attached hydrogens (tertiary/aromatic N) is 1. The van der Waals surface area contributed by atoms with Crippen molar-refractivity contribution in [3.63, 3.8) is 0 Å². The van der Waals surface area contributed by atoms with E-state index in [9.17, 15) is 18.7 Å². The van der Waals surface area contributed by atoms with Gasteiger partial charge in [0, 0.05) is 18.7 Å². The van der Waals surface area contributed by atoms with Crippen molar-refractivity contribution in [3.05, 3.63) is 70.3 Å². The van der Waals surface area contributed by atoms with E-state index in [0.717, 1.165) is 23.3 Å². The van der Waals surface area contributed by atoms with E-state index in [0.29, 0.717) is 5.56 Å². The molecule has 1 aliphatic rings. The molecule has 1 saturated heterocycles. The highest BCUT2D eigenvalue weighted by atomic mass is 19.1. The minimum absolute atomic E-state index is 0.0987. The van der Waals surface area contributed by atoms with Crippen LogP contribution >= 0.6 is 0 Å². The lowest BCUT2D eigenvalue weighted by molar-refractivity contribution is -0.0262. The first-order valence-electron chi connectivity index (χ1n) is 8.35. The first kappa shape index (κ1) is 17.5. The Morgan fingerprint density at radius 2 is 1.68 bits per heavy atom. The molecular weight excluding hydrogens is 324 g/mol. The van der Waals surface area contributed by atoms with Gasteiger partial charge in [0.1, 0.15) is 11.6 Å². The number of rotatable bonds is 2. The molecule has 25 heavy (non-hydrogen) atoms. The van der Waals surface area contributed by atoms with E-state index in [1.54, 1.807) is 11.0 Å². The maximum atomic E-state index is 14.0. The molecule has 0 bridgehead atoms. The van der Waals surface area contributed by atoms with Crippen molar-refractivity contribution < 1.29 is 18.7 Å². The molecule has 5 heteroatoms. The molecule has 1 amide bonds. The Balaban J connectivity index is 1.78. The van der Waals surface area contributed by atoms with Gasteiger partial charge in [-0.1, -0.05) is 23.8 Å². The van der Waals surface area contributed by atoms with Gasteiger partial charge in [0.2, 0.25) is 0 Å². The number of halogens is 2. The molecule has 0 spiro atoms. The number of likely N-dealkylation sites (tertiary alicyclic amines) is 1. The normalized spacial score (nSPS) is 16.8. The molecule has 3 nitrogen and oxygen atoms in total. The zero-order valence-electron chi connectivity index (χ0n) is 14.4. The van der Waals surface area contributed by atoms with Crippen LogP contribution in [0, 0.1) is 25.5 Å². The van der Waals surface area contributed by atoms with Crippen molar-refractivity contribution in [2.45, 2.75) is 32.3 Å². The van der Waals surface area contributed by atoms with E-state index in [2.05, 4.69) is 0 Å². The summed E-state index contributed by atoms with van der Waals surface area (Å²) in [5.41, 5.74) is 0.707. The summed E-state index contributed by atoms with van der Waals surface area (Å²) in [5.74, 6) is -1.62. The summed E-state index contributed by atoms with van der Waals surface area (Å²) in [5, 5.41) is 10.7. The summed E-state index contributed by atoms with van der Waals surface area (Å²) in [4.78, 5) is 14.3. The molecule has 0 atom stereocenters. The second-order valence-corrected chi connectivity index (χ2v) is 6.74. The van der Waals surface area contributed by atoms with Crippen LogP contribution in [0.1, 0.15) is 39.9 Å². The summed E-state index contributed by atoms with van der Waals surface area (Å²) in [6.07, 6.45) is 0.197. The van der Waals surface area contributed by atoms with Gasteiger partial charge < -0.3 is 10.0 Å². The van der Waals surface area contributed by atoms with Crippen LogP contribution in [0.25, 0.3) is 0 Å². The third-order valence-electron chi connectivity index (χ3n) is 4.92. The average molecular weight is 345 g/mol. The molecular formula is C20H21F2NO2. The van der Waals surface area contributed by atoms with Gasteiger partial charge in [-0.15, -0.1) is 0 Å². The smallest absolute Gasteiger partial charge is 0.254 e. The zero-order chi connectivity index (χ0) is 18.2. The van der Waals surface area contributed by atoms with Gasteiger partial charge in [-0.3, -0.25) is 4.79 Å². The average Bonchev–Trinajstić information content (AvgIpc) is 2.54. The Hall–Kier alpha value is -2.27. The predicted octanol–water partition coefficient (Wildman–Crippen LogP) is 3.71. The highest BCUT2D eigenvalue weighted by Gasteiger charge is 2.39. The van der Waals surface area contributed by atoms with Crippen LogP contribution in [0.2, 0.25) is 0 Å². The summed E-state index contributed by atoms with van der Waals surface area (Å²) < 4.78 is 28.0. The van der Waals surface area contributed by atoms with E-state index >= 15 is 0 Å². The van der Waals surface area contributed by atoms with E-state index < -0.39 is 17.2 Å². The molecule has 0 aliphatic carbocycles. The lowest BCUT2D eigenvalue weighted by Crippen LogP contribution is -2.46. The number of piperidine rings is 1. The van der Waals surface area contributed by atoms with Crippen molar-refractivity contribution in [1.82, 2.24) is 4.90 Å². The number of hydrogen-bond donors (Lipinski definition) is 1. The Bertz CT molecular complexity index is 791. The van der Waals surface area contributed by atoms with Crippen LogP contribution < -0.4 is 0 Å². The number of amides is 1. The van der Waals surface area contributed by atoms with Gasteiger partial charge in [0.05, 0.1) is 11.2 Å². The van der Waals surface area contributed by atoms with Crippen molar-refractivity contribution in [2.75, 3.05) is 13.1 Å². The molecule has 2 aromatic rings. The fraction of sp³-hybridized carbons (Fsp3) is 0.350. The fourth-order valence-electron chi connectivity index (χ4n) is 3.50. The minimum Gasteiger partial charge on any atom is -0.385 e. The molecule has 0 saturated carbocycles. The van der Waals surface area contributed by atoms with Crippen LogP contribution in [0.5, 0.6) is 0 Å². The molecule has 132 valence electrons. The summed E-state index contributed by atoms with van der Waals surface area (Å²) >= 11 is 0. The van der Waals surface area contributed by atoms with Crippen LogP contribution in [0.3, 0.4) is 0 Å². The number of benzene rings is 2. The molecule has 3 rings (SSSR count). The molecule has 1 fully saturated rings. The van der Waals surface area contributed by atoms with Crippen LogP contribution in [0.4, 0.5) is 8.78 Å². The maximum absolute atomic E-state index is 14.0.